The average molecular weight is 386 g/mol. The van der Waals surface area contributed by atoms with Crippen molar-refractivity contribution in [2.45, 2.75) is 71.9 Å². The third-order valence-corrected chi connectivity index (χ3v) is 5.58. The number of fused-ring (bicyclic) bond motifs is 1. The van der Waals surface area contributed by atoms with Gasteiger partial charge in [0.2, 0.25) is 0 Å². The van der Waals surface area contributed by atoms with Gasteiger partial charge in [-0.25, -0.2) is 4.79 Å². The second-order valence-corrected chi connectivity index (χ2v) is 9.04. The molecular formula is C23H35N3O2. The molecule has 1 aliphatic carbocycles. The van der Waals surface area contributed by atoms with Crippen LogP contribution < -0.4 is 10.6 Å². The standard InChI is InChI=1S/C23H35N3O2/c1-6-17(2)21-15-18(19-9-7-8-10-20(19)24-21)16-25-11-13-26(14-12-25)22(27)28-23(3,4)5/h9-10,15,17H,6-8,11-14,16H2,1-5H3. The molecule has 0 saturated carbocycles. The van der Waals surface area contributed by atoms with Gasteiger partial charge in [-0.2, -0.15) is 0 Å². The summed E-state index contributed by atoms with van der Waals surface area (Å²) in [5, 5.41) is 2.47. The van der Waals surface area contributed by atoms with Crippen LogP contribution in [0.4, 0.5) is 4.79 Å². The summed E-state index contributed by atoms with van der Waals surface area (Å²) in [4.78, 5) is 21.5. The van der Waals surface area contributed by atoms with Crippen LogP contribution in [0.15, 0.2) is 6.07 Å². The Morgan fingerprint density at radius 3 is 2.50 bits per heavy atom. The SMILES string of the molecule is CCC(C)c1cc(CN2CCN(C(=O)OC(C)(C)C)CC2)c2c(n1)=CCCC=2. The summed E-state index contributed by atoms with van der Waals surface area (Å²) >= 11 is 0. The molecule has 5 heteroatoms. The molecule has 1 unspecified atom stereocenters. The predicted molar refractivity (Wildman–Crippen MR) is 113 cm³/mol. The van der Waals surface area contributed by atoms with E-state index in [1.807, 2.05) is 25.7 Å². The summed E-state index contributed by atoms with van der Waals surface area (Å²) in [7, 11) is 0. The number of rotatable bonds is 4. The summed E-state index contributed by atoms with van der Waals surface area (Å²) in [6.45, 7) is 14.3. The van der Waals surface area contributed by atoms with Gasteiger partial charge in [0.05, 0.1) is 5.35 Å². The molecule has 1 aromatic rings. The van der Waals surface area contributed by atoms with Crippen molar-refractivity contribution in [1.29, 1.82) is 0 Å². The Labute approximate surface area is 169 Å². The van der Waals surface area contributed by atoms with Crippen LogP contribution in [0, 0.1) is 0 Å². The first kappa shape index (κ1) is 20.8. The summed E-state index contributed by atoms with van der Waals surface area (Å²) in [6, 6.07) is 2.31. The number of amides is 1. The van der Waals surface area contributed by atoms with Crippen molar-refractivity contribution in [3.05, 3.63) is 27.9 Å². The lowest BCUT2D eigenvalue weighted by Gasteiger charge is -2.35. The molecule has 3 rings (SSSR count). The van der Waals surface area contributed by atoms with Crippen LogP contribution in [0.2, 0.25) is 0 Å². The minimum absolute atomic E-state index is 0.199. The maximum Gasteiger partial charge on any atom is 0.410 e. The molecule has 0 spiro atoms. The summed E-state index contributed by atoms with van der Waals surface area (Å²) < 4.78 is 5.51. The molecule has 0 bridgehead atoms. The van der Waals surface area contributed by atoms with Gasteiger partial charge < -0.3 is 9.64 Å². The molecule has 5 nitrogen and oxygen atoms in total. The maximum atomic E-state index is 12.3. The summed E-state index contributed by atoms with van der Waals surface area (Å²) in [5.74, 6) is 0.475. The topological polar surface area (TPSA) is 45.7 Å². The van der Waals surface area contributed by atoms with E-state index in [-0.39, 0.29) is 6.09 Å². The van der Waals surface area contributed by atoms with E-state index in [2.05, 4.69) is 37.0 Å². The van der Waals surface area contributed by atoms with E-state index in [0.29, 0.717) is 5.92 Å². The van der Waals surface area contributed by atoms with Crippen molar-refractivity contribution in [2.24, 2.45) is 0 Å². The fourth-order valence-electron chi connectivity index (χ4n) is 3.74. The second-order valence-electron chi connectivity index (χ2n) is 9.04. The number of aromatic nitrogens is 1. The highest BCUT2D eigenvalue weighted by Gasteiger charge is 2.26. The van der Waals surface area contributed by atoms with Crippen LogP contribution in [-0.4, -0.2) is 52.7 Å². The lowest BCUT2D eigenvalue weighted by atomic mass is 9.99. The number of pyridine rings is 1. The van der Waals surface area contributed by atoms with Gasteiger partial charge in [-0.15, -0.1) is 0 Å². The molecule has 1 fully saturated rings. The first-order valence-corrected chi connectivity index (χ1v) is 10.7. The molecule has 154 valence electrons. The number of hydrogen-bond acceptors (Lipinski definition) is 4. The number of carbonyl (C=O) groups excluding carboxylic acids is 1. The van der Waals surface area contributed by atoms with E-state index >= 15 is 0 Å². The molecule has 2 aliphatic rings. The fraction of sp³-hybridized carbons (Fsp3) is 0.652. The summed E-state index contributed by atoms with van der Waals surface area (Å²) in [5.41, 5.74) is 2.14. The van der Waals surface area contributed by atoms with Gasteiger partial charge in [-0.1, -0.05) is 26.0 Å². The minimum atomic E-state index is -0.441. The third-order valence-electron chi connectivity index (χ3n) is 5.58. The highest BCUT2D eigenvalue weighted by molar-refractivity contribution is 5.68. The lowest BCUT2D eigenvalue weighted by Crippen LogP contribution is -2.50. The van der Waals surface area contributed by atoms with Crippen LogP contribution in [-0.2, 0) is 11.3 Å². The van der Waals surface area contributed by atoms with E-state index in [1.54, 1.807) is 0 Å². The minimum Gasteiger partial charge on any atom is -0.444 e. The van der Waals surface area contributed by atoms with Crippen LogP contribution in [0.5, 0.6) is 0 Å². The van der Waals surface area contributed by atoms with Crippen LogP contribution in [0.3, 0.4) is 0 Å². The van der Waals surface area contributed by atoms with E-state index in [9.17, 15) is 4.79 Å². The number of ether oxygens (including phenoxy) is 1. The van der Waals surface area contributed by atoms with Gasteiger partial charge in [-0.3, -0.25) is 9.88 Å². The van der Waals surface area contributed by atoms with Crippen molar-refractivity contribution in [3.8, 4) is 0 Å². The van der Waals surface area contributed by atoms with Crippen molar-refractivity contribution in [3.63, 3.8) is 0 Å². The predicted octanol–water partition coefficient (Wildman–Crippen LogP) is 3.00. The Kier molecular flexibility index (Phi) is 6.43. The van der Waals surface area contributed by atoms with E-state index < -0.39 is 5.60 Å². The largest absolute Gasteiger partial charge is 0.444 e. The second kappa shape index (κ2) is 8.64. The monoisotopic (exact) mass is 385 g/mol. The third kappa shape index (κ3) is 5.13. The molecule has 1 atom stereocenters. The van der Waals surface area contributed by atoms with Gasteiger partial charge in [-0.05, 0) is 57.6 Å². The highest BCUT2D eigenvalue weighted by Crippen LogP contribution is 2.17. The molecule has 1 saturated heterocycles. The number of carbonyl (C=O) groups is 1. The van der Waals surface area contributed by atoms with E-state index in [1.165, 1.54) is 16.5 Å². The zero-order valence-electron chi connectivity index (χ0n) is 18.1. The van der Waals surface area contributed by atoms with Gasteiger partial charge in [0.1, 0.15) is 5.60 Å². The fourth-order valence-corrected chi connectivity index (χ4v) is 3.74. The van der Waals surface area contributed by atoms with Gasteiger partial charge >= 0.3 is 6.09 Å². The number of piperazine rings is 1. The summed E-state index contributed by atoms with van der Waals surface area (Å²) in [6.07, 6.45) is 7.70. The molecule has 28 heavy (non-hydrogen) atoms. The molecular weight excluding hydrogens is 350 g/mol. The maximum absolute atomic E-state index is 12.3. The molecule has 1 aliphatic heterocycles. The van der Waals surface area contributed by atoms with Crippen molar-refractivity contribution < 1.29 is 9.53 Å². The molecule has 1 amide bonds. The van der Waals surface area contributed by atoms with Crippen LogP contribution in [0.1, 0.15) is 71.1 Å². The molecule has 1 aromatic heterocycles. The van der Waals surface area contributed by atoms with Gasteiger partial charge in [0.15, 0.2) is 0 Å². The first-order chi connectivity index (χ1) is 13.3. The van der Waals surface area contributed by atoms with Crippen molar-refractivity contribution in [1.82, 2.24) is 14.8 Å². The average Bonchev–Trinajstić information content (AvgIpc) is 2.66. The normalized spacial score (nSPS) is 18.7. The Morgan fingerprint density at radius 1 is 1.18 bits per heavy atom. The van der Waals surface area contributed by atoms with Crippen LogP contribution in [0.25, 0.3) is 12.2 Å². The molecule has 0 radical (unpaired) electrons. The lowest BCUT2D eigenvalue weighted by molar-refractivity contribution is 0.0139. The van der Waals surface area contributed by atoms with Gasteiger partial charge in [0, 0.05) is 43.6 Å². The number of hydrogen-bond donors (Lipinski definition) is 0. The zero-order valence-corrected chi connectivity index (χ0v) is 18.1. The first-order valence-electron chi connectivity index (χ1n) is 10.7. The van der Waals surface area contributed by atoms with Gasteiger partial charge in [0.25, 0.3) is 0 Å². The van der Waals surface area contributed by atoms with Crippen LogP contribution >= 0.6 is 0 Å². The smallest absolute Gasteiger partial charge is 0.410 e. The van der Waals surface area contributed by atoms with E-state index in [0.717, 1.165) is 57.3 Å². The number of nitrogens with zero attached hydrogens (tertiary/aromatic N) is 3. The quantitative estimate of drug-likeness (QED) is 0.799. The molecule has 2 heterocycles. The Balaban J connectivity index is 1.71. The molecule has 0 aromatic carbocycles. The van der Waals surface area contributed by atoms with Crippen molar-refractivity contribution >= 4 is 18.2 Å². The molecule has 0 N–H and O–H groups in total. The highest BCUT2D eigenvalue weighted by atomic mass is 16.6. The Hall–Kier alpha value is -1.88. The Bertz CT molecular complexity index is 817. The van der Waals surface area contributed by atoms with Crippen molar-refractivity contribution in [2.75, 3.05) is 26.2 Å². The van der Waals surface area contributed by atoms with E-state index in [4.69, 9.17) is 9.72 Å². The zero-order chi connectivity index (χ0) is 20.3. The Morgan fingerprint density at radius 2 is 1.86 bits per heavy atom.